The molecule has 0 spiro atoms. The number of nitrogens with one attached hydrogen (secondary N) is 3. The molecule has 48 heavy (non-hydrogen) atoms. The van der Waals surface area contributed by atoms with Crippen molar-refractivity contribution in [2.45, 2.75) is 16.6 Å². The van der Waals surface area contributed by atoms with Gasteiger partial charge in [-0.1, -0.05) is 66.7 Å². The Morgan fingerprint density at radius 3 is 2.15 bits per heavy atom. The van der Waals surface area contributed by atoms with Crippen LogP contribution in [0.5, 0.6) is 0 Å². The fourth-order valence-electron chi connectivity index (χ4n) is 4.80. The summed E-state index contributed by atoms with van der Waals surface area (Å²) in [5.74, 6) is -1.15. The molecule has 0 saturated heterocycles. The Morgan fingerprint density at radius 2 is 1.48 bits per heavy atom. The van der Waals surface area contributed by atoms with Gasteiger partial charge in [0.15, 0.2) is 0 Å². The van der Waals surface area contributed by atoms with Crippen molar-refractivity contribution in [3.05, 3.63) is 154 Å². The second-order valence-corrected chi connectivity index (χ2v) is 12.5. The largest absolute Gasteiger partial charge is 0.321 e. The summed E-state index contributed by atoms with van der Waals surface area (Å²) in [6, 6.07) is 36.0. The Labute approximate surface area is 285 Å². The first-order valence-electron chi connectivity index (χ1n) is 14.9. The van der Waals surface area contributed by atoms with Crippen molar-refractivity contribution in [1.82, 2.24) is 10.6 Å². The van der Waals surface area contributed by atoms with E-state index >= 15 is 0 Å². The van der Waals surface area contributed by atoms with E-state index in [1.165, 1.54) is 28.1 Å². The molecule has 4 aromatic carbocycles. The van der Waals surface area contributed by atoms with Gasteiger partial charge in [0.1, 0.15) is 16.8 Å². The lowest BCUT2D eigenvalue weighted by atomic mass is 10.1. The highest BCUT2D eigenvalue weighted by Gasteiger charge is 2.29. The van der Waals surface area contributed by atoms with E-state index in [2.05, 4.69) is 21.1 Å². The van der Waals surface area contributed by atoms with Crippen molar-refractivity contribution in [3.63, 3.8) is 0 Å². The van der Waals surface area contributed by atoms with Gasteiger partial charge in [-0.2, -0.15) is 21.4 Å². The Morgan fingerprint density at radius 1 is 0.812 bits per heavy atom. The van der Waals surface area contributed by atoms with Gasteiger partial charge in [-0.3, -0.25) is 19.2 Å². The zero-order chi connectivity index (χ0) is 33.3. The lowest BCUT2D eigenvalue weighted by Gasteiger charge is -2.17. The van der Waals surface area contributed by atoms with E-state index in [1.54, 1.807) is 54.6 Å². The zero-order valence-corrected chi connectivity index (χ0v) is 27.0. The number of benzene rings is 4. The van der Waals surface area contributed by atoms with Crippen LogP contribution < -0.4 is 21.0 Å². The Balaban J connectivity index is 1.15. The van der Waals surface area contributed by atoms with Crippen molar-refractivity contribution in [1.29, 1.82) is 0 Å². The van der Waals surface area contributed by atoms with Gasteiger partial charge < -0.3 is 16.0 Å². The van der Waals surface area contributed by atoms with Gasteiger partial charge in [0.05, 0.1) is 12.1 Å². The number of anilines is 2. The molecule has 5 aromatic rings. The average Bonchev–Trinajstić information content (AvgIpc) is 3.77. The second-order valence-electron chi connectivity index (χ2n) is 10.6. The third-order valence-electron chi connectivity index (χ3n) is 7.13. The second kappa shape index (κ2) is 15.2. The van der Waals surface area contributed by atoms with Crippen LogP contribution in [-0.2, 0) is 14.4 Å². The van der Waals surface area contributed by atoms with Crippen LogP contribution in [0, 0.1) is 0 Å². The molecule has 6 rings (SSSR count). The average molecular weight is 672 g/mol. The number of thioether (sulfide) groups is 1. The van der Waals surface area contributed by atoms with E-state index in [-0.39, 0.29) is 29.8 Å². The third-order valence-corrected chi connectivity index (χ3v) is 9.10. The van der Waals surface area contributed by atoms with Gasteiger partial charge in [-0.25, -0.2) is 0 Å². The number of thiophene rings is 1. The van der Waals surface area contributed by atoms with Crippen LogP contribution in [0.3, 0.4) is 0 Å². The minimum Gasteiger partial charge on any atom is -0.321 e. The van der Waals surface area contributed by atoms with Crippen LogP contribution in [-0.4, -0.2) is 29.5 Å². The first kappa shape index (κ1) is 32.2. The van der Waals surface area contributed by atoms with Crippen LogP contribution >= 0.6 is 23.1 Å². The molecule has 238 valence electrons. The van der Waals surface area contributed by atoms with Gasteiger partial charge in [0.2, 0.25) is 5.91 Å². The van der Waals surface area contributed by atoms with Gasteiger partial charge >= 0.3 is 0 Å². The van der Waals surface area contributed by atoms with Gasteiger partial charge in [0, 0.05) is 16.1 Å². The SMILES string of the molecule is O=C(Nc1ccc(SC(C(=O)NC2=NN(c3ccccc3)C(=O)C2)c2ccccc2)cc1)/C(=C/c1ccsc1)NC(=O)c1ccccc1. The molecule has 3 N–H and O–H groups in total. The monoisotopic (exact) mass is 671 g/mol. The molecule has 1 atom stereocenters. The molecular weight excluding hydrogens is 643 g/mol. The fraction of sp³-hybridized carbons (Fsp3) is 0.0541. The highest BCUT2D eigenvalue weighted by atomic mass is 32.2. The topological polar surface area (TPSA) is 120 Å². The predicted molar refractivity (Wildman–Crippen MR) is 190 cm³/mol. The van der Waals surface area contributed by atoms with E-state index in [1.807, 2.05) is 83.6 Å². The van der Waals surface area contributed by atoms with Crippen molar-refractivity contribution in [2.24, 2.45) is 5.10 Å². The van der Waals surface area contributed by atoms with E-state index in [0.717, 1.165) is 16.0 Å². The number of para-hydroxylation sites is 1. The van der Waals surface area contributed by atoms with E-state index in [9.17, 15) is 19.2 Å². The summed E-state index contributed by atoms with van der Waals surface area (Å²) in [4.78, 5) is 53.3. The standard InChI is InChI=1S/C37H29N5O4S2/c43-33-23-32(41-42(33)29-14-8-3-9-15-29)40-37(46)34(26-10-4-1-5-11-26)48-30-18-16-28(17-19-30)38-36(45)31(22-25-20-21-47-24-25)39-35(44)27-12-6-2-7-13-27/h1-22,24,34H,23H2,(H,38,45)(H,39,44)(H,40,41,46)/b31-22-. The Bertz CT molecular complexity index is 1970. The lowest BCUT2D eigenvalue weighted by molar-refractivity contribution is -0.119. The quantitative estimate of drug-likeness (QED) is 0.111. The van der Waals surface area contributed by atoms with Gasteiger partial charge in [0.25, 0.3) is 17.7 Å². The van der Waals surface area contributed by atoms with Crippen molar-refractivity contribution in [3.8, 4) is 0 Å². The number of carbonyl (C=O) groups excluding carboxylic acids is 4. The molecular formula is C37H29N5O4S2. The molecule has 0 bridgehead atoms. The van der Waals surface area contributed by atoms with Crippen molar-refractivity contribution in [2.75, 3.05) is 10.3 Å². The maximum absolute atomic E-state index is 13.6. The first-order chi connectivity index (χ1) is 23.4. The van der Waals surface area contributed by atoms with Crippen molar-refractivity contribution >= 4 is 70.0 Å². The highest BCUT2D eigenvalue weighted by molar-refractivity contribution is 8.00. The number of amidine groups is 1. The summed E-state index contributed by atoms with van der Waals surface area (Å²) in [5, 5.41) is 17.2. The maximum Gasteiger partial charge on any atom is 0.272 e. The molecule has 11 heteroatoms. The zero-order valence-electron chi connectivity index (χ0n) is 25.4. The Hall–Kier alpha value is -5.78. The lowest BCUT2D eigenvalue weighted by Crippen LogP contribution is -2.33. The summed E-state index contributed by atoms with van der Waals surface area (Å²) < 4.78 is 0. The summed E-state index contributed by atoms with van der Waals surface area (Å²) in [5.41, 5.74) is 3.23. The molecule has 0 fully saturated rings. The smallest absolute Gasteiger partial charge is 0.272 e. The molecule has 0 saturated carbocycles. The molecule has 0 radical (unpaired) electrons. The van der Waals surface area contributed by atoms with Crippen LogP contribution in [0.4, 0.5) is 11.4 Å². The van der Waals surface area contributed by atoms with Crippen LogP contribution in [0.25, 0.3) is 6.08 Å². The molecule has 9 nitrogen and oxygen atoms in total. The number of hydrazone groups is 1. The molecule has 1 aromatic heterocycles. The molecule has 1 aliphatic rings. The maximum atomic E-state index is 13.6. The fourth-order valence-corrected chi connectivity index (χ4v) is 6.44. The summed E-state index contributed by atoms with van der Waals surface area (Å²) in [6.07, 6.45) is 1.61. The molecule has 1 unspecified atom stereocenters. The number of carbonyl (C=O) groups is 4. The minimum absolute atomic E-state index is 0.0180. The number of amides is 4. The highest BCUT2D eigenvalue weighted by Crippen LogP contribution is 2.36. The first-order valence-corrected chi connectivity index (χ1v) is 16.7. The number of hydrogen-bond donors (Lipinski definition) is 3. The minimum atomic E-state index is -0.649. The van der Waals surface area contributed by atoms with E-state index < -0.39 is 17.1 Å². The third kappa shape index (κ3) is 8.13. The van der Waals surface area contributed by atoms with Crippen LogP contribution in [0.15, 0.2) is 148 Å². The number of nitrogens with zero attached hydrogens (tertiary/aromatic N) is 2. The normalized spacial score (nSPS) is 13.4. The van der Waals surface area contributed by atoms with Gasteiger partial charge in [-0.15, -0.1) is 11.8 Å². The van der Waals surface area contributed by atoms with Gasteiger partial charge in [-0.05, 0) is 82.6 Å². The van der Waals surface area contributed by atoms with Crippen LogP contribution in [0.1, 0.15) is 33.2 Å². The molecule has 4 amide bonds. The predicted octanol–water partition coefficient (Wildman–Crippen LogP) is 6.86. The van der Waals surface area contributed by atoms with Crippen molar-refractivity contribution < 1.29 is 19.2 Å². The van der Waals surface area contributed by atoms with E-state index in [4.69, 9.17) is 0 Å². The summed E-state index contributed by atoms with van der Waals surface area (Å²) in [6.45, 7) is 0. The van der Waals surface area contributed by atoms with Crippen LogP contribution in [0.2, 0.25) is 0 Å². The Kier molecular flexibility index (Phi) is 10.2. The summed E-state index contributed by atoms with van der Waals surface area (Å²) >= 11 is 2.81. The number of rotatable bonds is 10. The molecule has 0 aliphatic carbocycles. The number of hydrogen-bond acceptors (Lipinski definition) is 7. The summed E-state index contributed by atoms with van der Waals surface area (Å²) in [7, 11) is 0. The molecule has 1 aliphatic heterocycles. The molecule has 2 heterocycles. The van der Waals surface area contributed by atoms with E-state index in [0.29, 0.717) is 16.9 Å².